The number of pyridine rings is 1. The van der Waals surface area contributed by atoms with E-state index in [0.29, 0.717) is 62.1 Å². The molecule has 98 heavy (non-hydrogen) atoms. The fraction of sp³-hybridized carbons (Fsp3) is 0.554. The van der Waals surface area contributed by atoms with Crippen LogP contribution in [-0.2, 0) is 43.4 Å². The van der Waals surface area contributed by atoms with E-state index in [1.165, 1.54) is 11.3 Å². The lowest BCUT2D eigenvalue weighted by Crippen LogP contribution is -2.64. The number of β-amino-alcohol motifs (C(OH)–C–C–N with tert-alkyl or cyclic N) is 1. The first kappa shape index (κ1) is 68.7. The van der Waals surface area contributed by atoms with Gasteiger partial charge in [-0.15, -0.1) is 21.5 Å². The largest absolute Gasteiger partial charge is 0.476 e. The molecule has 7 aromatic rings. The Kier molecular flexibility index (Phi) is 19.5. The number of carbonyl (C=O) groups excluding carboxylic acids is 4. The number of ether oxygens (including phenoxy) is 1. The number of likely N-dealkylation sites (tertiary alicyclic amines) is 1. The molecule has 5 N–H and O–H groups in total. The van der Waals surface area contributed by atoms with Gasteiger partial charge in [-0.05, 0) is 142 Å². The summed E-state index contributed by atoms with van der Waals surface area (Å²) >= 11 is 3.14. The average molecular weight is 1370 g/mol. The molecular weight excluding hydrogens is 1280 g/mol. The summed E-state index contributed by atoms with van der Waals surface area (Å²) in [5.74, 6) is -0.0891. The molecule has 8 heterocycles. The van der Waals surface area contributed by atoms with Crippen LogP contribution in [0.25, 0.3) is 31.8 Å². The summed E-state index contributed by atoms with van der Waals surface area (Å²) in [5, 5.41) is 45.9. The number of piperazine rings is 1. The lowest BCUT2D eigenvalue weighted by atomic mass is 9.39. The van der Waals surface area contributed by atoms with E-state index in [0.717, 1.165) is 150 Å². The molecule has 6 fully saturated rings. The number of unbranched alkanes of at least 4 members (excludes halogenated alkanes) is 3. The molecule has 24 heteroatoms. The van der Waals surface area contributed by atoms with Gasteiger partial charge in [-0.25, -0.2) is 19.7 Å². The number of aliphatic hydroxyl groups excluding tert-OH is 1. The Morgan fingerprint density at radius 3 is 2.29 bits per heavy atom. The standard InChI is InChI=1S/C74H94N14O8S2/c1-46-52-16-15-27-86(65(52)83-82-64(46)81-69-78-55-17-13-14-18-57(55)98-69)58-26-25-53(61(79-58)68(94)95)54-36-77-88(48(54)3)44-73-39-71(7)38-72(8,40-73)42-74(41-71,43-73)96-33-32-84-28-30-85(31-29-84)60(91)20-12-10-9-11-19-59(90)80-63(70(4,5)6)67(93)87-37-51(89)34-56(87)66(92)75-35-49-21-23-50(24-22-49)62-47(2)76-45-97-62/h13-14,17-18,21-26,36,45,51,56,63,89H,9-12,15-16,19-20,27-35,37-44H2,1-8H3,(H,75,92)(H,80,90)(H,94,95)(H,78,81,82)/t51-,56-,63-,71?,72?,73?,74?/m0/s1. The molecule has 7 aliphatic rings. The van der Waals surface area contributed by atoms with E-state index in [9.17, 15) is 34.2 Å². The van der Waals surface area contributed by atoms with E-state index in [-0.39, 0.29) is 77.1 Å². The molecule has 2 unspecified atom stereocenters. The zero-order valence-corrected chi connectivity index (χ0v) is 59.6. The minimum absolute atomic E-state index is 0.00738. The Morgan fingerprint density at radius 2 is 1.57 bits per heavy atom. The summed E-state index contributed by atoms with van der Waals surface area (Å²) in [7, 11) is 0. The molecule has 0 radical (unpaired) electrons. The van der Waals surface area contributed by atoms with Gasteiger partial charge in [0.1, 0.15) is 17.9 Å². The maximum absolute atomic E-state index is 14.2. The second-order valence-electron chi connectivity index (χ2n) is 30.8. The van der Waals surface area contributed by atoms with Crippen LogP contribution in [0.2, 0.25) is 0 Å². The Balaban J connectivity index is 0.551. The maximum Gasteiger partial charge on any atom is 0.355 e. The van der Waals surface area contributed by atoms with Gasteiger partial charge in [0.25, 0.3) is 0 Å². The molecule has 2 aromatic carbocycles. The number of amides is 4. The number of hydrogen-bond acceptors (Lipinski definition) is 18. The molecule has 4 aliphatic carbocycles. The van der Waals surface area contributed by atoms with E-state index < -0.39 is 29.6 Å². The van der Waals surface area contributed by atoms with Crippen molar-refractivity contribution in [1.82, 2.24) is 60.3 Å². The number of carboxylic acids is 1. The second-order valence-corrected chi connectivity index (χ2v) is 32.7. The smallest absolute Gasteiger partial charge is 0.355 e. The number of hydrogen-bond donors (Lipinski definition) is 5. The summed E-state index contributed by atoms with van der Waals surface area (Å²) in [6, 6.07) is 18.0. The number of anilines is 4. The number of aromatic nitrogens is 7. The third-order valence-corrected chi connectivity index (χ3v) is 23.5. The Hall–Kier alpha value is -7.77. The van der Waals surface area contributed by atoms with Gasteiger partial charge in [0, 0.05) is 106 Å². The molecule has 2 saturated heterocycles. The van der Waals surface area contributed by atoms with E-state index in [1.807, 2.05) is 124 Å². The number of aryl methyl sites for hydroxylation is 1. The van der Waals surface area contributed by atoms with Crippen LogP contribution in [0.3, 0.4) is 0 Å². The van der Waals surface area contributed by atoms with Crippen molar-refractivity contribution in [2.45, 2.75) is 189 Å². The highest BCUT2D eigenvalue weighted by Gasteiger charge is 2.66. The lowest BCUT2D eigenvalue weighted by molar-refractivity contribution is -0.249. The highest BCUT2D eigenvalue weighted by Crippen LogP contribution is 2.72. The van der Waals surface area contributed by atoms with E-state index in [2.05, 4.69) is 49.5 Å². The summed E-state index contributed by atoms with van der Waals surface area (Å²) in [6.45, 7) is 22.6. The molecule has 14 rings (SSSR count). The first-order valence-electron chi connectivity index (χ1n) is 35.1. The van der Waals surface area contributed by atoms with E-state index in [1.54, 1.807) is 22.7 Å². The fourth-order valence-corrected chi connectivity index (χ4v) is 19.6. The van der Waals surface area contributed by atoms with Crippen molar-refractivity contribution in [3.8, 4) is 21.6 Å². The van der Waals surface area contributed by atoms with Crippen LogP contribution in [0.4, 0.5) is 22.6 Å². The fourth-order valence-electron chi connectivity index (χ4n) is 18.0. The SMILES string of the molecule is Cc1ncsc1-c1ccc(CNC(=O)[C@@H]2C[C@H](O)CN2C(=O)[C@H](NC(=O)CCCCCCC(=O)N2CCN(CCOC34CC5(C)CC(C)(CC(Cn6ncc(-c7ccc(N8CCCc9c8nnc(Nc8nc%10ccccc%10s8)c9C)nc7C(=O)O)c6C)(C5)C3)C4)CC2)C(C)(C)C)cc1. The summed E-state index contributed by atoms with van der Waals surface area (Å²) in [6.07, 6.45) is 12.7. The quantitative estimate of drug-likeness (QED) is 0.0352. The molecule has 520 valence electrons. The molecular formula is C74H94N14O8S2. The van der Waals surface area contributed by atoms with Crippen molar-refractivity contribution in [3.63, 3.8) is 0 Å². The molecule has 22 nitrogen and oxygen atoms in total. The molecule has 5 aromatic heterocycles. The number of benzene rings is 2. The van der Waals surface area contributed by atoms with Gasteiger partial charge in [0.05, 0.1) is 50.8 Å². The zero-order chi connectivity index (χ0) is 68.9. The van der Waals surface area contributed by atoms with Crippen molar-refractivity contribution < 1.29 is 38.9 Å². The Morgan fingerprint density at radius 1 is 0.827 bits per heavy atom. The van der Waals surface area contributed by atoms with E-state index in [4.69, 9.17) is 24.9 Å². The van der Waals surface area contributed by atoms with Crippen LogP contribution in [0.1, 0.15) is 163 Å². The molecule has 0 spiro atoms. The zero-order valence-electron chi connectivity index (χ0n) is 57.9. The predicted molar refractivity (Wildman–Crippen MR) is 380 cm³/mol. The lowest BCUT2D eigenvalue weighted by Gasteiger charge is -2.69. The van der Waals surface area contributed by atoms with Crippen molar-refractivity contribution in [1.29, 1.82) is 0 Å². The van der Waals surface area contributed by atoms with Gasteiger partial charge < -0.3 is 45.6 Å². The monoisotopic (exact) mass is 1370 g/mol. The molecule has 3 aliphatic heterocycles. The summed E-state index contributed by atoms with van der Waals surface area (Å²) < 4.78 is 10.4. The van der Waals surface area contributed by atoms with Crippen LogP contribution in [0.5, 0.6) is 0 Å². The van der Waals surface area contributed by atoms with Gasteiger partial charge in [0.2, 0.25) is 23.6 Å². The van der Waals surface area contributed by atoms with Crippen LogP contribution < -0.4 is 20.9 Å². The van der Waals surface area contributed by atoms with Gasteiger partial charge >= 0.3 is 5.97 Å². The topological polar surface area (TPSA) is 266 Å². The molecule has 4 amide bonds. The first-order chi connectivity index (χ1) is 46.8. The number of thiazole rings is 2. The number of nitrogens with one attached hydrogen (secondary N) is 3. The van der Waals surface area contributed by atoms with Gasteiger partial charge in [-0.1, -0.05) is 95.2 Å². The highest BCUT2D eigenvalue weighted by molar-refractivity contribution is 7.22. The van der Waals surface area contributed by atoms with Gasteiger partial charge in [0.15, 0.2) is 22.5 Å². The maximum atomic E-state index is 14.2. The summed E-state index contributed by atoms with van der Waals surface area (Å²) in [5.41, 5.74) is 9.15. The number of rotatable bonds is 24. The Bertz CT molecular complexity index is 4080. The molecule has 4 saturated carbocycles. The van der Waals surface area contributed by atoms with E-state index >= 15 is 0 Å². The number of carbonyl (C=O) groups is 5. The third-order valence-electron chi connectivity index (χ3n) is 21.6. The number of aliphatic hydroxyl groups is 1. The minimum atomic E-state index is -1.11. The van der Waals surface area contributed by atoms with Gasteiger partial charge in [-0.2, -0.15) is 5.10 Å². The normalized spacial score (nSPS) is 24.1. The van der Waals surface area contributed by atoms with Crippen molar-refractivity contribution in [3.05, 3.63) is 106 Å². The number of carboxylic acid groups (broad SMARTS) is 1. The number of nitrogens with zero attached hydrogens (tertiary/aromatic N) is 11. The number of aromatic carboxylic acids is 1. The van der Waals surface area contributed by atoms with Crippen LogP contribution in [-0.4, -0.2) is 166 Å². The van der Waals surface area contributed by atoms with Crippen molar-refractivity contribution in [2.24, 2.45) is 21.7 Å². The van der Waals surface area contributed by atoms with Crippen molar-refractivity contribution >= 4 is 85.1 Å². The van der Waals surface area contributed by atoms with Crippen LogP contribution in [0, 0.1) is 42.4 Å². The van der Waals surface area contributed by atoms with Crippen LogP contribution >= 0.6 is 22.7 Å². The molecule has 4 bridgehead atoms. The first-order valence-corrected chi connectivity index (χ1v) is 36.8. The number of fused-ring (bicyclic) bond motifs is 2. The van der Waals surface area contributed by atoms with Gasteiger partial charge in [-0.3, -0.25) is 28.8 Å². The highest BCUT2D eigenvalue weighted by atomic mass is 32.1. The predicted octanol–water partition coefficient (Wildman–Crippen LogP) is 11.3. The number of para-hydroxylation sites is 1. The van der Waals surface area contributed by atoms with Crippen molar-refractivity contribution in [2.75, 3.05) is 62.6 Å². The third kappa shape index (κ3) is 14.6. The Labute approximate surface area is 581 Å². The summed E-state index contributed by atoms with van der Waals surface area (Å²) in [4.78, 5) is 90.7. The minimum Gasteiger partial charge on any atom is -0.476 e. The van der Waals surface area contributed by atoms with Crippen LogP contribution in [0.15, 0.2) is 72.4 Å². The average Bonchev–Trinajstić information content (AvgIpc) is 0.801. The second kappa shape index (κ2) is 27.7. The molecule has 5 atom stereocenters.